The van der Waals surface area contributed by atoms with Crippen molar-refractivity contribution < 1.29 is 0 Å². The molecule has 0 bridgehead atoms. The molecular formula is C98H58N4. The maximum atomic E-state index is 5.47. The average Bonchev–Trinajstić information content (AvgIpc) is 1.50. The lowest BCUT2D eigenvalue weighted by molar-refractivity contribution is 0.802. The fourth-order valence-electron chi connectivity index (χ4n) is 18.6. The first-order valence-electron chi connectivity index (χ1n) is 35.2. The zero-order chi connectivity index (χ0) is 66.8. The van der Waals surface area contributed by atoms with Gasteiger partial charge in [0.25, 0.3) is 0 Å². The third kappa shape index (κ3) is 7.92. The van der Waals surface area contributed by atoms with Gasteiger partial charge in [0.05, 0.1) is 45.0 Å². The summed E-state index contributed by atoms with van der Waals surface area (Å²) in [6, 6.07) is 126. The smallest absolute Gasteiger partial charge is 0.0899 e. The minimum absolute atomic E-state index is 0.481. The number of fused-ring (bicyclic) bond motifs is 28. The number of benzene rings is 14. The molecule has 0 unspecified atom stereocenters. The van der Waals surface area contributed by atoms with E-state index in [2.05, 4.69) is 308 Å². The van der Waals surface area contributed by atoms with Crippen LogP contribution in [0, 0.1) is 0 Å². The summed E-state index contributed by atoms with van der Waals surface area (Å²) in [4.78, 5) is 20.2. The first-order valence-corrected chi connectivity index (χ1v) is 35.2. The lowest BCUT2D eigenvalue weighted by Gasteiger charge is -2.31. The van der Waals surface area contributed by atoms with Crippen LogP contribution in [0.5, 0.6) is 0 Å². The molecule has 4 aromatic heterocycles. The van der Waals surface area contributed by atoms with Gasteiger partial charge in [-0.15, -0.1) is 0 Å². The molecule has 4 aliphatic rings. The predicted octanol–water partition coefficient (Wildman–Crippen LogP) is 24.2. The fraction of sp³-hybridized carbons (Fsp3) is 0.0204. The molecule has 18 aromatic rings. The molecule has 0 saturated carbocycles. The maximum Gasteiger partial charge on any atom is 0.0899 e. The van der Waals surface area contributed by atoms with E-state index in [1.165, 1.54) is 132 Å². The lowest BCUT2D eigenvalue weighted by atomic mass is 9.69. The van der Waals surface area contributed by atoms with E-state index >= 15 is 0 Å². The second-order valence-corrected chi connectivity index (χ2v) is 27.8. The molecule has 0 atom stereocenters. The largest absolute Gasteiger partial charge is 0.255 e. The summed E-state index contributed by atoms with van der Waals surface area (Å²) < 4.78 is 0. The summed E-state index contributed by atoms with van der Waals surface area (Å²) in [6.45, 7) is 0. The van der Waals surface area contributed by atoms with Crippen molar-refractivity contribution in [1.82, 2.24) is 19.9 Å². The Hall–Kier alpha value is -13.3. The van der Waals surface area contributed by atoms with E-state index in [4.69, 9.17) is 15.0 Å². The Labute approximate surface area is 589 Å². The minimum Gasteiger partial charge on any atom is -0.255 e. The summed E-state index contributed by atoms with van der Waals surface area (Å²) in [5.74, 6) is 0. The number of aromatic nitrogens is 4. The van der Waals surface area contributed by atoms with Gasteiger partial charge < -0.3 is 0 Å². The average molecular weight is 1290 g/mol. The first kappa shape index (κ1) is 56.7. The van der Waals surface area contributed by atoms with Gasteiger partial charge in [-0.05, 0) is 238 Å². The van der Waals surface area contributed by atoms with Crippen LogP contribution < -0.4 is 0 Å². The highest BCUT2D eigenvalue weighted by molar-refractivity contribution is 6.14. The van der Waals surface area contributed by atoms with Crippen LogP contribution in [0.1, 0.15) is 44.5 Å². The topological polar surface area (TPSA) is 51.6 Å². The van der Waals surface area contributed by atoms with Gasteiger partial charge in [0.15, 0.2) is 0 Å². The molecule has 14 aromatic carbocycles. The van der Waals surface area contributed by atoms with Crippen LogP contribution in [0.2, 0.25) is 0 Å². The van der Waals surface area contributed by atoms with Crippen molar-refractivity contribution in [3.63, 3.8) is 0 Å². The van der Waals surface area contributed by atoms with Crippen molar-refractivity contribution in [3.05, 3.63) is 397 Å². The molecule has 470 valence electrons. The Morgan fingerprint density at radius 3 is 1.21 bits per heavy atom. The van der Waals surface area contributed by atoms with Crippen molar-refractivity contribution in [2.75, 3.05) is 0 Å². The highest BCUT2D eigenvalue weighted by Crippen LogP contribution is 2.67. The first-order chi connectivity index (χ1) is 50.6. The molecule has 0 fully saturated rings. The quantitative estimate of drug-likeness (QED) is 0.160. The molecular weight excluding hydrogens is 1230 g/mol. The second kappa shape index (κ2) is 21.6. The zero-order valence-electron chi connectivity index (χ0n) is 55.3. The van der Waals surface area contributed by atoms with E-state index in [1.807, 2.05) is 48.8 Å². The standard InChI is InChI=1S/C98H58N4/c1-2-23-70-59(19-1)42-49-85-93(70)79-47-40-65-53-61(38-45-72(65)95(79)97(85)81-29-9-5-24-74(81)75-25-6-10-30-82(75)97)60-20-17-21-67(55-60)91-57-68(58-92(102-91)89-34-14-16-52-100-89)62-37-44-71-64(54-62)43-50-86-94(71)80-48-41-66-56-63(69-22-3-4-28-78(69)87-35-18-36-90(101-87)88-33-13-15-51-99-88)39-46-73(66)96(80)98(86)83-31-11-7-26-76(83)77-27-8-12-32-84(77)98/h1-58H. The Balaban J connectivity index is 0.670. The number of hydrogen-bond donors (Lipinski definition) is 0. The van der Waals surface area contributed by atoms with Crippen LogP contribution in [0.25, 0.3) is 166 Å². The Morgan fingerprint density at radius 1 is 0.186 bits per heavy atom. The molecule has 0 saturated heterocycles. The van der Waals surface area contributed by atoms with Gasteiger partial charge in [0.2, 0.25) is 0 Å². The van der Waals surface area contributed by atoms with E-state index in [-0.39, 0.29) is 0 Å². The zero-order valence-corrected chi connectivity index (χ0v) is 55.3. The Bertz CT molecular complexity index is 6550. The normalized spacial score (nSPS) is 13.5. The number of hydrogen-bond acceptors (Lipinski definition) is 4. The summed E-state index contributed by atoms with van der Waals surface area (Å²) in [7, 11) is 0. The SMILES string of the molecule is c1ccc(-c2cc(-c3ccc4c5c(ccc4c3)C3(c4ccccc4-c4ccccc43)c3c-5ccc4cc(-c5ccccc5-c5cccc(-c6ccccn6)n5)ccc34)cc(-c3cccc(-c4ccc5c6c(ccc5c4)-c4c(ccc5ccccc45)C64c5ccccc5-c5ccccc54)c3)n2)nc1. The highest BCUT2D eigenvalue weighted by Gasteiger charge is 2.54. The van der Waals surface area contributed by atoms with Crippen molar-refractivity contribution in [2.24, 2.45) is 0 Å². The van der Waals surface area contributed by atoms with Gasteiger partial charge in [-0.3, -0.25) is 9.97 Å². The molecule has 0 aliphatic heterocycles. The van der Waals surface area contributed by atoms with Crippen LogP contribution >= 0.6 is 0 Å². The van der Waals surface area contributed by atoms with Gasteiger partial charge in [0.1, 0.15) is 0 Å². The molecule has 0 radical (unpaired) electrons. The van der Waals surface area contributed by atoms with Crippen LogP contribution in [-0.4, -0.2) is 19.9 Å². The van der Waals surface area contributed by atoms with E-state index < -0.39 is 10.8 Å². The number of nitrogens with zero attached hydrogens (tertiary/aromatic N) is 4. The van der Waals surface area contributed by atoms with Crippen molar-refractivity contribution in [3.8, 4) is 123 Å². The molecule has 4 heterocycles. The third-order valence-corrected chi connectivity index (χ3v) is 22.8. The lowest BCUT2D eigenvalue weighted by Crippen LogP contribution is -2.26. The summed E-state index contributed by atoms with van der Waals surface area (Å²) in [6.07, 6.45) is 3.68. The van der Waals surface area contributed by atoms with Gasteiger partial charge >= 0.3 is 0 Å². The summed E-state index contributed by atoms with van der Waals surface area (Å²) in [5, 5.41) is 9.86. The maximum absolute atomic E-state index is 5.47. The molecule has 0 N–H and O–H groups in total. The minimum atomic E-state index is -0.570. The second-order valence-electron chi connectivity index (χ2n) is 27.8. The van der Waals surface area contributed by atoms with Crippen LogP contribution in [0.15, 0.2) is 352 Å². The van der Waals surface area contributed by atoms with E-state index in [0.29, 0.717) is 0 Å². The van der Waals surface area contributed by atoms with Crippen molar-refractivity contribution >= 4 is 43.1 Å². The summed E-state index contributed by atoms with van der Waals surface area (Å²) in [5.41, 5.74) is 34.0. The van der Waals surface area contributed by atoms with E-state index in [1.54, 1.807) is 0 Å². The predicted molar refractivity (Wildman–Crippen MR) is 418 cm³/mol. The van der Waals surface area contributed by atoms with Crippen LogP contribution in [0.4, 0.5) is 0 Å². The summed E-state index contributed by atoms with van der Waals surface area (Å²) >= 11 is 0. The van der Waals surface area contributed by atoms with E-state index in [0.717, 1.165) is 78.7 Å². The van der Waals surface area contributed by atoms with E-state index in [9.17, 15) is 0 Å². The van der Waals surface area contributed by atoms with Crippen LogP contribution in [-0.2, 0) is 10.8 Å². The number of rotatable bonds is 7. The van der Waals surface area contributed by atoms with Gasteiger partial charge in [0, 0.05) is 23.5 Å². The molecule has 4 nitrogen and oxygen atoms in total. The molecule has 102 heavy (non-hydrogen) atoms. The fourth-order valence-corrected chi connectivity index (χ4v) is 18.6. The Morgan fingerprint density at radius 2 is 0.598 bits per heavy atom. The van der Waals surface area contributed by atoms with Gasteiger partial charge in [-0.2, -0.15) is 0 Å². The van der Waals surface area contributed by atoms with Crippen LogP contribution in [0.3, 0.4) is 0 Å². The monoisotopic (exact) mass is 1290 g/mol. The number of pyridine rings is 4. The van der Waals surface area contributed by atoms with Crippen molar-refractivity contribution in [2.45, 2.75) is 10.8 Å². The molecule has 2 spiro atoms. The van der Waals surface area contributed by atoms with Crippen molar-refractivity contribution in [1.29, 1.82) is 0 Å². The van der Waals surface area contributed by atoms with Gasteiger partial charge in [-0.25, -0.2) is 9.97 Å². The Kier molecular flexibility index (Phi) is 12.0. The molecule has 4 heteroatoms. The molecule has 0 amide bonds. The van der Waals surface area contributed by atoms with Gasteiger partial charge in [-0.1, -0.05) is 267 Å². The highest BCUT2D eigenvalue weighted by atomic mass is 14.8. The molecule has 22 rings (SSSR count). The molecule has 4 aliphatic carbocycles. The third-order valence-electron chi connectivity index (χ3n) is 22.8.